The van der Waals surface area contributed by atoms with Crippen molar-refractivity contribution in [3.05, 3.63) is 70.8 Å². The number of benzene rings is 2. The minimum atomic E-state index is -3.93. The molecule has 0 amide bonds. The van der Waals surface area contributed by atoms with Crippen LogP contribution in [0.25, 0.3) is 0 Å². The molecule has 0 aliphatic heterocycles. The maximum absolute atomic E-state index is 13.5. The van der Waals surface area contributed by atoms with Gasteiger partial charge in [-0.05, 0) is 76.6 Å². The second-order valence-corrected chi connectivity index (χ2v) is 10.4. The fourth-order valence-electron chi connectivity index (χ4n) is 3.66. The van der Waals surface area contributed by atoms with Crippen molar-refractivity contribution in [2.75, 3.05) is 0 Å². The van der Waals surface area contributed by atoms with Gasteiger partial charge in [-0.3, -0.25) is 0 Å². The minimum absolute atomic E-state index is 0.0608. The molecule has 0 fully saturated rings. The quantitative estimate of drug-likeness (QED) is 0.285. The van der Waals surface area contributed by atoms with E-state index < -0.39 is 9.84 Å². The Kier molecular flexibility index (Phi) is 9.58. The highest BCUT2D eigenvalue weighted by molar-refractivity contribution is 7.91. The SMILES string of the molecule is CCCCCc1cc(O)c(C/C=C(\C)CCC=C(C)C)c(O)c1S(=O)(=O)c1ccccc1. The summed E-state index contributed by atoms with van der Waals surface area (Å²) >= 11 is 0. The zero-order valence-electron chi connectivity index (χ0n) is 19.7. The molecular formula is C27H36O4S. The zero-order chi connectivity index (χ0) is 23.7. The minimum Gasteiger partial charge on any atom is -0.508 e. The van der Waals surface area contributed by atoms with Gasteiger partial charge in [-0.25, -0.2) is 8.42 Å². The topological polar surface area (TPSA) is 74.6 Å². The Labute approximate surface area is 193 Å². The van der Waals surface area contributed by atoms with E-state index in [9.17, 15) is 18.6 Å². The van der Waals surface area contributed by atoms with Crippen molar-refractivity contribution in [2.45, 2.75) is 82.4 Å². The van der Waals surface area contributed by atoms with Gasteiger partial charge in [0.2, 0.25) is 9.84 Å². The number of unbranched alkanes of at least 4 members (excludes halogenated alkanes) is 2. The summed E-state index contributed by atoms with van der Waals surface area (Å²) in [4.78, 5) is 0.0559. The number of aromatic hydroxyl groups is 2. The summed E-state index contributed by atoms with van der Waals surface area (Å²) in [6, 6.07) is 9.68. The molecule has 0 aliphatic carbocycles. The standard InChI is InChI=1S/C27H36O4S/c1-5-6-8-14-22-19-25(28)24(18-17-21(4)13-11-12-20(2)3)26(29)27(22)32(30,31)23-15-9-7-10-16-23/h7,9-10,12,15-17,19,28-29H,5-6,8,11,13-14,18H2,1-4H3/b21-17+. The van der Waals surface area contributed by atoms with Gasteiger partial charge in [-0.2, -0.15) is 0 Å². The molecule has 0 saturated heterocycles. The maximum atomic E-state index is 13.5. The monoisotopic (exact) mass is 456 g/mol. The van der Waals surface area contributed by atoms with Crippen molar-refractivity contribution < 1.29 is 18.6 Å². The average molecular weight is 457 g/mol. The third-order valence-electron chi connectivity index (χ3n) is 5.53. The summed E-state index contributed by atoms with van der Waals surface area (Å²) in [5.74, 6) is -0.400. The van der Waals surface area contributed by atoms with Gasteiger partial charge in [0, 0.05) is 5.56 Å². The molecule has 0 heterocycles. The molecule has 2 rings (SSSR count). The van der Waals surface area contributed by atoms with E-state index in [0.717, 1.165) is 37.7 Å². The van der Waals surface area contributed by atoms with Crippen molar-refractivity contribution in [3.63, 3.8) is 0 Å². The average Bonchev–Trinajstić information content (AvgIpc) is 2.73. The lowest BCUT2D eigenvalue weighted by Crippen LogP contribution is -2.08. The van der Waals surface area contributed by atoms with Crippen molar-refractivity contribution >= 4 is 9.84 Å². The fourth-order valence-corrected chi connectivity index (χ4v) is 5.30. The summed E-state index contributed by atoms with van der Waals surface area (Å²) in [7, 11) is -3.93. The zero-order valence-corrected chi connectivity index (χ0v) is 20.5. The van der Waals surface area contributed by atoms with Crippen LogP contribution >= 0.6 is 0 Å². The van der Waals surface area contributed by atoms with Crippen LogP contribution in [-0.4, -0.2) is 18.6 Å². The highest BCUT2D eigenvalue weighted by Gasteiger charge is 2.28. The normalized spacial score (nSPS) is 12.1. The van der Waals surface area contributed by atoms with E-state index in [0.29, 0.717) is 12.0 Å². The molecule has 2 aromatic rings. The molecule has 0 saturated carbocycles. The van der Waals surface area contributed by atoms with Gasteiger partial charge in [-0.1, -0.05) is 61.3 Å². The van der Waals surface area contributed by atoms with E-state index in [4.69, 9.17) is 0 Å². The molecule has 0 atom stereocenters. The molecule has 0 bridgehead atoms. The van der Waals surface area contributed by atoms with Gasteiger partial charge in [0.25, 0.3) is 0 Å². The smallest absolute Gasteiger partial charge is 0.210 e. The number of hydrogen-bond donors (Lipinski definition) is 2. The van der Waals surface area contributed by atoms with Crippen LogP contribution in [0.1, 0.15) is 70.9 Å². The van der Waals surface area contributed by atoms with E-state index in [1.807, 2.05) is 13.0 Å². The van der Waals surface area contributed by atoms with E-state index in [1.54, 1.807) is 18.2 Å². The van der Waals surface area contributed by atoms with Crippen molar-refractivity contribution in [3.8, 4) is 11.5 Å². The maximum Gasteiger partial charge on any atom is 0.210 e. The molecule has 174 valence electrons. The molecule has 32 heavy (non-hydrogen) atoms. The van der Waals surface area contributed by atoms with Crippen LogP contribution in [0.5, 0.6) is 11.5 Å². The molecule has 4 nitrogen and oxygen atoms in total. The molecule has 0 aliphatic rings. The summed E-state index contributed by atoms with van der Waals surface area (Å²) in [5, 5.41) is 21.7. The first kappa shape index (κ1) is 25.7. The van der Waals surface area contributed by atoms with Crippen molar-refractivity contribution in [1.82, 2.24) is 0 Å². The van der Waals surface area contributed by atoms with Gasteiger partial charge in [0.15, 0.2) is 0 Å². The first-order valence-corrected chi connectivity index (χ1v) is 12.8. The molecule has 0 unspecified atom stereocenters. The molecule has 2 aromatic carbocycles. The number of allylic oxidation sites excluding steroid dienone is 4. The van der Waals surface area contributed by atoms with Gasteiger partial charge >= 0.3 is 0 Å². The van der Waals surface area contributed by atoms with Gasteiger partial charge in [0.1, 0.15) is 16.4 Å². The van der Waals surface area contributed by atoms with Crippen LogP contribution in [-0.2, 0) is 22.7 Å². The van der Waals surface area contributed by atoms with Crippen LogP contribution in [0.2, 0.25) is 0 Å². The number of sulfone groups is 1. The lowest BCUT2D eigenvalue weighted by molar-refractivity contribution is 0.427. The van der Waals surface area contributed by atoms with Gasteiger partial charge in [0.05, 0.1) is 4.90 Å². The number of phenolic OH excluding ortho intramolecular Hbond substituents is 2. The molecule has 5 heteroatoms. The third kappa shape index (κ3) is 6.73. The lowest BCUT2D eigenvalue weighted by Gasteiger charge is -2.17. The van der Waals surface area contributed by atoms with E-state index in [-0.39, 0.29) is 33.3 Å². The third-order valence-corrected chi connectivity index (χ3v) is 7.42. The van der Waals surface area contributed by atoms with E-state index in [1.165, 1.54) is 23.8 Å². The largest absolute Gasteiger partial charge is 0.508 e. The summed E-state index contributed by atoms with van der Waals surface area (Å²) in [6.45, 7) is 8.21. The predicted octanol–water partition coefficient (Wildman–Crippen LogP) is 6.90. The van der Waals surface area contributed by atoms with Crippen molar-refractivity contribution in [2.24, 2.45) is 0 Å². The molecule has 0 spiro atoms. The Morgan fingerprint density at radius 2 is 1.69 bits per heavy atom. The second-order valence-electron chi connectivity index (χ2n) is 8.56. The van der Waals surface area contributed by atoms with E-state index in [2.05, 4.69) is 26.8 Å². The Balaban J connectivity index is 2.49. The van der Waals surface area contributed by atoms with Crippen LogP contribution < -0.4 is 0 Å². The van der Waals surface area contributed by atoms with Gasteiger partial charge < -0.3 is 10.2 Å². The highest BCUT2D eigenvalue weighted by Crippen LogP contribution is 2.40. The number of phenols is 2. The number of hydrogen-bond acceptors (Lipinski definition) is 4. The van der Waals surface area contributed by atoms with Crippen LogP contribution in [0.4, 0.5) is 0 Å². The Bertz CT molecular complexity index is 1060. The number of rotatable bonds is 11. The fraction of sp³-hybridized carbons (Fsp3) is 0.407. The molecule has 2 N–H and O–H groups in total. The number of aryl methyl sites for hydroxylation is 1. The second kappa shape index (κ2) is 11.9. The molecule has 0 aromatic heterocycles. The molecule has 0 radical (unpaired) electrons. The van der Waals surface area contributed by atoms with Crippen LogP contribution in [0.3, 0.4) is 0 Å². The summed E-state index contributed by atoms with van der Waals surface area (Å²) < 4.78 is 26.9. The Hall–Kier alpha value is -2.53. The predicted molar refractivity (Wildman–Crippen MR) is 131 cm³/mol. The highest BCUT2D eigenvalue weighted by atomic mass is 32.2. The molecular weight excluding hydrogens is 420 g/mol. The Morgan fingerprint density at radius 1 is 1.00 bits per heavy atom. The van der Waals surface area contributed by atoms with Crippen molar-refractivity contribution in [1.29, 1.82) is 0 Å². The summed E-state index contributed by atoms with van der Waals surface area (Å²) in [6.07, 6.45) is 9.39. The van der Waals surface area contributed by atoms with Gasteiger partial charge in [-0.15, -0.1) is 0 Å². The lowest BCUT2D eigenvalue weighted by atomic mass is 10.00. The van der Waals surface area contributed by atoms with Crippen LogP contribution in [0, 0.1) is 0 Å². The summed E-state index contributed by atoms with van der Waals surface area (Å²) in [5.41, 5.74) is 3.11. The first-order valence-electron chi connectivity index (χ1n) is 11.3. The van der Waals surface area contributed by atoms with Crippen LogP contribution in [0.15, 0.2) is 69.5 Å². The Morgan fingerprint density at radius 3 is 2.31 bits per heavy atom. The van der Waals surface area contributed by atoms with E-state index >= 15 is 0 Å². The first-order chi connectivity index (χ1) is 15.2.